The Bertz CT molecular complexity index is 435. The van der Waals surface area contributed by atoms with Gasteiger partial charge in [0.05, 0.1) is 12.6 Å². The molecule has 106 valence electrons. The third-order valence-electron chi connectivity index (χ3n) is 4.47. The number of piperidine rings is 1. The normalized spacial score (nSPS) is 25.8. The van der Waals surface area contributed by atoms with Gasteiger partial charge in [0.15, 0.2) is 5.82 Å². The summed E-state index contributed by atoms with van der Waals surface area (Å²) < 4.78 is 1.92. The second-order valence-electron chi connectivity index (χ2n) is 6.16. The highest BCUT2D eigenvalue weighted by Gasteiger charge is 2.27. The van der Waals surface area contributed by atoms with Gasteiger partial charge >= 0.3 is 0 Å². The van der Waals surface area contributed by atoms with Crippen LogP contribution in [-0.4, -0.2) is 50.0 Å². The van der Waals surface area contributed by atoms with Gasteiger partial charge in [-0.2, -0.15) is 5.10 Å². The molecule has 0 saturated carbocycles. The fourth-order valence-electron chi connectivity index (χ4n) is 3.16. The average molecular weight is 264 g/mol. The van der Waals surface area contributed by atoms with Crippen LogP contribution in [0.5, 0.6) is 0 Å². The number of aliphatic hydroxyl groups excluding tert-OH is 1. The van der Waals surface area contributed by atoms with E-state index < -0.39 is 0 Å². The van der Waals surface area contributed by atoms with Crippen LogP contribution in [0, 0.1) is 0 Å². The van der Waals surface area contributed by atoms with Crippen LogP contribution in [0.1, 0.15) is 50.7 Å². The molecule has 1 aromatic heterocycles. The largest absolute Gasteiger partial charge is 0.391 e. The number of aryl methyl sites for hydroxylation is 1. The third kappa shape index (κ3) is 2.67. The molecule has 19 heavy (non-hydrogen) atoms. The first-order chi connectivity index (χ1) is 9.13. The van der Waals surface area contributed by atoms with Crippen molar-refractivity contribution in [2.75, 3.05) is 13.1 Å². The van der Waals surface area contributed by atoms with Gasteiger partial charge in [-0.3, -0.25) is 0 Å². The molecule has 2 aliphatic rings. The van der Waals surface area contributed by atoms with Crippen molar-refractivity contribution in [1.29, 1.82) is 0 Å². The lowest BCUT2D eigenvalue weighted by Crippen LogP contribution is -2.38. The monoisotopic (exact) mass is 264 g/mol. The number of fused-ring (bicyclic) bond motifs is 1. The Morgan fingerprint density at radius 1 is 1.21 bits per heavy atom. The van der Waals surface area contributed by atoms with E-state index in [0.717, 1.165) is 50.4 Å². The predicted molar refractivity (Wildman–Crippen MR) is 73.0 cm³/mol. The number of aromatic nitrogens is 3. The standard InChI is InChI=1S/C14H24N4O/c1-10(2)17-7-5-11(6-8-17)14-15-13-4-3-12(19)9-18(13)16-14/h10-12,19H,3-9H2,1-2H3. The molecule has 1 fully saturated rings. The molecule has 0 radical (unpaired) electrons. The zero-order valence-corrected chi connectivity index (χ0v) is 11.9. The molecule has 0 bridgehead atoms. The maximum absolute atomic E-state index is 9.68. The summed E-state index contributed by atoms with van der Waals surface area (Å²) in [6.45, 7) is 7.43. The van der Waals surface area contributed by atoms with Gasteiger partial charge in [-0.1, -0.05) is 0 Å². The Balaban J connectivity index is 1.67. The number of likely N-dealkylation sites (tertiary alicyclic amines) is 1. The summed E-state index contributed by atoms with van der Waals surface area (Å²) in [4.78, 5) is 7.23. The summed E-state index contributed by atoms with van der Waals surface area (Å²) in [6.07, 6.45) is 3.75. The van der Waals surface area contributed by atoms with Crippen LogP contribution in [0.25, 0.3) is 0 Å². The zero-order valence-electron chi connectivity index (χ0n) is 11.9. The maximum atomic E-state index is 9.68. The second kappa shape index (κ2) is 5.21. The number of rotatable bonds is 2. The van der Waals surface area contributed by atoms with E-state index in [1.165, 1.54) is 0 Å². The van der Waals surface area contributed by atoms with Crippen LogP contribution in [0.4, 0.5) is 0 Å². The first kappa shape index (κ1) is 13.1. The molecule has 5 heteroatoms. The molecule has 1 aromatic rings. The second-order valence-corrected chi connectivity index (χ2v) is 6.16. The number of nitrogens with zero attached hydrogens (tertiary/aromatic N) is 4. The highest BCUT2D eigenvalue weighted by molar-refractivity contribution is 5.03. The quantitative estimate of drug-likeness (QED) is 0.871. The summed E-state index contributed by atoms with van der Waals surface area (Å²) in [7, 11) is 0. The molecular formula is C14H24N4O. The Morgan fingerprint density at radius 2 is 1.95 bits per heavy atom. The van der Waals surface area contributed by atoms with Crippen molar-refractivity contribution in [2.24, 2.45) is 0 Å². The van der Waals surface area contributed by atoms with Gasteiger partial charge < -0.3 is 10.0 Å². The smallest absolute Gasteiger partial charge is 0.154 e. The molecule has 0 aliphatic carbocycles. The van der Waals surface area contributed by atoms with E-state index in [-0.39, 0.29) is 6.10 Å². The van der Waals surface area contributed by atoms with E-state index in [9.17, 15) is 5.11 Å². The average Bonchev–Trinajstić information content (AvgIpc) is 2.81. The topological polar surface area (TPSA) is 54.2 Å². The van der Waals surface area contributed by atoms with Crippen LogP contribution in [0.2, 0.25) is 0 Å². The minimum atomic E-state index is -0.246. The fraction of sp³-hybridized carbons (Fsp3) is 0.857. The molecular weight excluding hydrogens is 240 g/mol. The molecule has 0 spiro atoms. The van der Waals surface area contributed by atoms with Crippen molar-refractivity contribution < 1.29 is 5.11 Å². The van der Waals surface area contributed by atoms with Gasteiger partial charge in [0.1, 0.15) is 5.82 Å². The lowest BCUT2D eigenvalue weighted by molar-refractivity contribution is 0.124. The van der Waals surface area contributed by atoms with Crippen molar-refractivity contribution in [2.45, 2.75) is 64.1 Å². The van der Waals surface area contributed by atoms with Crippen molar-refractivity contribution in [1.82, 2.24) is 19.7 Å². The Morgan fingerprint density at radius 3 is 2.63 bits per heavy atom. The molecule has 1 N–H and O–H groups in total. The summed E-state index contributed by atoms with van der Waals surface area (Å²) >= 11 is 0. The lowest BCUT2D eigenvalue weighted by atomic mass is 9.95. The molecule has 5 nitrogen and oxygen atoms in total. The van der Waals surface area contributed by atoms with E-state index >= 15 is 0 Å². The number of hydrogen-bond acceptors (Lipinski definition) is 4. The molecule has 1 saturated heterocycles. The third-order valence-corrected chi connectivity index (χ3v) is 4.47. The van der Waals surface area contributed by atoms with E-state index in [1.807, 2.05) is 4.68 Å². The van der Waals surface area contributed by atoms with Gasteiger partial charge in [-0.05, 0) is 46.2 Å². The molecule has 3 rings (SSSR count). The Kier molecular flexibility index (Phi) is 3.58. The van der Waals surface area contributed by atoms with E-state index in [1.54, 1.807) is 0 Å². The Labute approximate surface area is 114 Å². The number of hydrogen-bond donors (Lipinski definition) is 1. The minimum absolute atomic E-state index is 0.246. The van der Waals surface area contributed by atoms with Crippen molar-refractivity contribution >= 4 is 0 Å². The molecule has 3 heterocycles. The van der Waals surface area contributed by atoms with Gasteiger partial charge in [-0.15, -0.1) is 0 Å². The van der Waals surface area contributed by atoms with Crippen LogP contribution in [-0.2, 0) is 13.0 Å². The minimum Gasteiger partial charge on any atom is -0.391 e. The van der Waals surface area contributed by atoms with Gasteiger partial charge in [0.25, 0.3) is 0 Å². The van der Waals surface area contributed by atoms with Crippen LogP contribution >= 0.6 is 0 Å². The van der Waals surface area contributed by atoms with Gasteiger partial charge in [0, 0.05) is 18.4 Å². The Hall–Kier alpha value is -0.940. The SMILES string of the molecule is CC(C)N1CCC(c2nc3n(n2)CC(O)CC3)CC1. The van der Waals surface area contributed by atoms with E-state index in [4.69, 9.17) is 4.98 Å². The van der Waals surface area contributed by atoms with Crippen molar-refractivity contribution in [3.63, 3.8) is 0 Å². The first-order valence-corrected chi connectivity index (χ1v) is 7.49. The maximum Gasteiger partial charge on any atom is 0.154 e. The lowest BCUT2D eigenvalue weighted by Gasteiger charge is -2.33. The first-order valence-electron chi connectivity index (χ1n) is 7.49. The summed E-state index contributed by atoms with van der Waals surface area (Å²) in [5, 5.41) is 14.3. The summed E-state index contributed by atoms with van der Waals surface area (Å²) in [5.41, 5.74) is 0. The number of aliphatic hydroxyl groups is 1. The van der Waals surface area contributed by atoms with E-state index in [0.29, 0.717) is 18.5 Å². The van der Waals surface area contributed by atoms with Gasteiger partial charge in [-0.25, -0.2) is 9.67 Å². The van der Waals surface area contributed by atoms with Crippen LogP contribution in [0.15, 0.2) is 0 Å². The molecule has 0 aromatic carbocycles. The molecule has 2 aliphatic heterocycles. The highest BCUT2D eigenvalue weighted by atomic mass is 16.3. The van der Waals surface area contributed by atoms with Crippen molar-refractivity contribution in [3.8, 4) is 0 Å². The predicted octanol–water partition coefficient (Wildman–Crippen LogP) is 1.17. The van der Waals surface area contributed by atoms with Crippen LogP contribution in [0.3, 0.4) is 0 Å². The highest BCUT2D eigenvalue weighted by Crippen LogP contribution is 2.27. The molecule has 1 atom stereocenters. The summed E-state index contributed by atoms with van der Waals surface area (Å²) in [5.74, 6) is 2.57. The van der Waals surface area contributed by atoms with E-state index in [2.05, 4.69) is 23.8 Å². The molecule has 0 amide bonds. The summed E-state index contributed by atoms with van der Waals surface area (Å²) in [6, 6.07) is 0.638. The zero-order chi connectivity index (χ0) is 13.4. The van der Waals surface area contributed by atoms with Crippen LogP contribution < -0.4 is 0 Å². The fourth-order valence-corrected chi connectivity index (χ4v) is 3.16. The van der Waals surface area contributed by atoms with Crippen molar-refractivity contribution in [3.05, 3.63) is 11.6 Å². The molecule has 1 unspecified atom stereocenters. The van der Waals surface area contributed by atoms with Gasteiger partial charge in [0.2, 0.25) is 0 Å².